The Hall–Kier alpha value is -3.26. The van der Waals surface area contributed by atoms with Crippen molar-refractivity contribution in [3.8, 4) is 0 Å². The molecule has 5 nitrogen and oxygen atoms in total. The van der Waals surface area contributed by atoms with Crippen LogP contribution in [-0.4, -0.2) is 16.7 Å². The molecule has 0 aliphatic carbocycles. The van der Waals surface area contributed by atoms with Gasteiger partial charge in [-0.3, -0.25) is 4.79 Å². The Morgan fingerprint density at radius 3 is 2.08 bits per heavy atom. The minimum atomic E-state index is -0.529. The van der Waals surface area contributed by atoms with Crippen LogP contribution >= 0.6 is 0 Å². The molecule has 5 heteroatoms. The highest BCUT2D eigenvalue weighted by Gasteiger charge is 2.32. The van der Waals surface area contributed by atoms with Gasteiger partial charge in [0.15, 0.2) is 4.98 Å². The molecular weight excluding hydrogens is 316 g/mol. The molecule has 2 aromatic rings. The number of ketones is 2. The van der Waals surface area contributed by atoms with Gasteiger partial charge in [0.05, 0.1) is 0 Å². The number of Topliss-reactive ketones (excluding diaryl/α,β-unsaturated/α-hetero) is 2. The van der Waals surface area contributed by atoms with Crippen LogP contribution in [0.15, 0.2) is 66.4 Å². The summed E-state index contributed by atoms with van der Waals surface area (Å²) in [6.45, 7) is 1.47. The minimum absolute atomic E-state index is 0.0413. The first-order valence-electron chi connectivity index (χ1n) is 7.94. The molecule has 25 heavy (non-hydrogen) atoms. The largest absolute Gasteiger partial charge is 0.501 e. The number of nitrogens with zero attached hydrogens (tertiary/aromatic N) is 2. The van der Waals surface area contributed by atoms with E-state index in [4.69, 9.17) is 0 Å². The molecule has 0 spiro atoms. The van der Waals surface area contributed by atoms with Crippen molar-refractivity contribution < 1.29 is 14.7 Å². The predicted molar refractivity (Wildman–Crippen MR) is 95.2 cm³/mol. The molecule has 0 bridgehead atoms. The minimum Gasteiger partial charge on any atom is -0.501 e. The third kappa shape index (κ3) is 4.85. The van der Waals surface area contributed by atoms with Gasteiger partial charge in [0.25, 0.3) is 5.78 Å². The van der Waals surface area contributed by atoms with Crippen molar-refractivity contribution in [2.75, 3.05) is 0 Å². The zero-order chi connectivity index (χ0) is 18.2. The maximum atomic E-state index is 12.6. The molecule has 0 amide bonds. The van der Waals surface area contributed by atoms with Gasteiger partial charge < -0.3 is 9.90 Å². The zero-order valence-corrected chi connectivity index (χ0v) is 13.9. The molecule has 0 radical (unpaired) electrons. The molecule has 2 aromatic carbocycles. The molecule has 0 fully saturated rings. The normalized spacial score (nSPS) is 12.6. The second kappa shape index (κ2) is 8.55. The number of carbonyl (C=O) groups excluding carboxylic acids is 2. The molecule has 0 aromatic heterocycles. The lowest BCUT2D eigenvalue weighted by Gasteiger charge is -2.13. The van der Waals surface area contributed by atoms with Crippen LogP contribution in [0.2, 0.25) is 0 Å². The van der Waals surface area contributed by atoms with E-state index in [2.05, 4.69) is 4.98 Å². The fraction of sp³-hybridized carbons (Fsp3) is 0.200. The zero-order valence-electron chi connectivity index (χ0n) is 13.9. The molecule has 0 saturated heterocycles. The van der Waals surface area contributed by atoms with E-state index in [0.29, 0.717) is 5.56 Å². The number of rotatable bonds is 7. The van der Waals surface area contributed by atoms with E-state index >= 15 is 0 Å². The van der Waals surface area contributed by atoms with E-state index in [0.717, 1.165) is 5.56 Å². The first-order chi connectivity index (χ1) is 12.0. The van der Waals surface area contributed by atoms with Crippen molar-refractivity contribution in [3.63, 3.8) is 0 Å². The van der Waals surface area contributed by atoms with Crippen LogP contribution < -0.4 is 0 Å². The summed E-state index contributed by atoms with van der Waals surface area (Å²) < 4.78 is 0. The van der Waals surface area contributed by atoms with Gasteiger partial charge >= 0.3 is 5.70 Å². The summed E-state index contributed by atoms with van der Waals surface area (Å²) in [6.07, 6.45) is 0.153. The van der Waals surface area contributed by atoms with Gasteiger partial charge in [0.1, 0.15) is 5.78 Å². The summed E-state index contributed by atoms with van der Waals surface area (Å²) >= 11 is 0. The van der Waals surface area contributed by atoms with Gasteiger partial charge in [-0.15, -0.1) is 0 Å². The summed E-state index contributed by atoms with van der Waals surface area (Å²) in [7, 11) is 0. The smallest absolute Gasteiger partial charge is 0.468 e. The van der Waals surface area contributed by atoms with E-state index < -0.39 is 11.5 Å². The van der Waals surface area contributed by atoms with Crippen LogP contribution in [0.5, 0.6) is 0 Å². The quantitative estimate of drug-likeness (QED) is 0.459. The number of aliphatic hydroxyl groups excluding tert-OH is 1. The summed E-state index contributed by atoms with van der Waals surface area (Å²) in [4.78, 5) is 27.1. The van der Waals surface area contributed by atoms with E-state index in [1.165, 1.54) is 6.92 Å². The van der Waals surface area contributed by atoms with Crippen LogP contribution in [0.1, 0.15) is 36.8 Å². The average molecular weight is 335 g/mol. The van der Waals surface area contributed by atoms with Crippen LogP contribution in [0.25, 0.3) is 10.7 Å². The molecule has 1 unspecified atom stereocenters. The lowest BCUT2D eigenvalue weighted by atomic mass is 9.88. The van der Waals surface area contributed by atoms with Crippen molar-refractivity contribution in [3.05, 3.63) is 82.5 Å². The molecule has 2 rings (SSSR count). The van der Waals surface area contributed by atoms with Crippen molar-refractivity contribution in [2.45, 2.75) is 25.7 Å². The van der Waals surface area contributed by atoms with Gasteiger partial charge in [-0.25, -0.2) is 0 Å². The number of hydrogen-bond donors (Lipinski definition) is 1. The van der Waals surface area contributed by atoms with E-state index in [9.17, 15) is 20.1 Å². The summed E-state index contributed by atoms with van der Waals surface area (Å²) in [5.74, 6) is -1.30. The fourth-order valence-corrected chi connectivity index (χ4v) is 2.67. The van der Waals surface area contributed by atoms with Gasteiger partial charge in [-0.2, -0.15) is 0 Å². The summed E-state index contributed by atoms with van der Waals surface area (Å²) in [5, 5.41) is 19.5. The van der Waals surface area contributed by atoms with Crippen molar-refractivity contribution in [1.29, 1.82) is 5.39 Å². The number of aliphatic hydroxyl groups is 1. The van der Waals surface area contributed by atoms with Gasteiger partial charge in [0, 0.05) is 18.4 Å². The number of allylic oxidation sites excluding steroid dienone is 1. The Bertz CT molecular complexity index is 821. The number of carbonyl (C=O) groups is 2. The lowest BCUT2D eigenvalue weighted by Crippen LogP contribution is -2.12. The third-order valence-corrected chi connectivity index (χ3v) is 3.87. The number of benzene rings is 2. The Balaban J connectivity index is 2.30. The average Bonchev–Trinajstić information content (AvgIpc) is 2.62. The molecular formula is C20H19N2O3+. The summed E-state index contributed by atoms with van der Waals surface area (Å²) in [6, 6.07) is 17.6. The second-order valence-electron chi connectivity index (χ2n) is 5.80. The first-order valence-corrected chi connectivity index (χ1v) is 7.94. The Kier molecular flexibility index (Phi) is 6.19. The summed E-state index contributed by atoms with van der Waals surface area (Å²) in [5.41, 5.74) is 0.824. The highest BCUT2D eigenvalue weighted by Crippen LogP contribution is 2.27. The number of diazo groups is 1. The SMILES string of the molecule is CC(=O)CC(CC(=O)/C([N+]#N)=C(/O)c1ccccc1)c1ccccc1. The van der Waals surface area contributed by atoms with Gasteiger partial charge in [-0.1, -0.05) is 60.7 Å². The maximum absolute atomic E-state index is 12.6. The predicted octanol–water partition coefficient (Wildman–Crippen LogP) is 4.49. The van der Waals surface area contributed by atoms with Crippen LogP contribution in [0.4, 0.5) is 0 Å². The Labute approximate surface area is 146 Å². The van der Waals surface area contributed by atoms with Gasteiger partial charge in [0.2, 0.25) is 11.2 Å². The highest BCUT2D eigenvalue weighted by molar-refractivity contribution is 6.03. The maximum Gasteiger partial charge on any atom is 0.468 e. The van der Waals surface area contributed by atoms with E-state index in [1.807, 2.05) is 30.3 Å². The molecule has 1 atom stereocenters. The van der Waals surface area contributed by atoms with Crippen LogP contribution in [0, 0.1) is 5.39 Å². The van der Waals surface area contributed by atoms with E-state index in [-0.39, 0.29) is 30.3 Å². The third-order valence-electron chi connectivity index (χ3n) is 3.87. The molecule has 0 saturated carbocycles. The topological polar surface area (TPSA) is 82.5 Å². The lowest BCUT2D eigenvalue weighted by molar-refractivity contribution is -0.118. The highest BCUT2D eigenvalue weighted by atomic mass is 16.3. The monoisotopic (exact) mass is 335 g/mol. The fourth-order valence-electron chi connectivity index (χ4n) is 2.67. The Morgan fingerprint density at radius 2 is 1.56 bits per heavy atom. The second-order valence-corrected chi connectivity index (χ2v) is 5.80. The number of hydrogen-bond acceptors (Lipinski definition) is 4. The molecule has 0 heterocycles. The van der Waals surface area contributed by atoms with Crippen LogP contribution in [-0.2, 0) is 9.59 Å². The molecule has 126 valence electrons. The first kappa shape index (κ1) is 18.1. The molecule has 1 N–H and O–H groups in total. The van der Waals surface area contributed by atoms with Crippen LogP contribution in [0.3, 0.4) is 0 Å². The van der Waals surface area contributed by atoms with Crippen molar-refractivity contribution >= 4 is 17.3 Å². The standard InChI is InChI=1S/C20H18N2O3/c1-14(23)12-17(15-8-4-2-5-9-15)13-18(24)19(22-21)20(25)16-10-6-3-7-11-16/h2-11,17H,12-13H2,1H3/p+1. The van der Waals surface area contributed by atoms with Gasteiger partial charge in [-0.05, 0) is 18.4 Å². The molecule has 0 aliphatic heterocycles. The van der Waals surface area contributed by atoms with E-state index in [1.54, 1.807) is 30.3 Å². The van der Waals surface area contributed by atoms with Crippen molar-refractivity contribution in [1.82, 2.24) is 0 Å². The van der Waals surface area contributed by atoms with Crippen molar-refractivity contribution in [2.24, 2.45) is 0 Å². The molecule has 0 aliphatic rings. The Morgan fingerprint density at radius 1 is 1.00 bits per heavy atom.